The molecule has 3 heteroatoms. The van der Waals surface area contributed by atoms with E-state index in [4.69, 9.17) is 11.0 Å². The Morgan fingerprint density at radius 1 is 1.06 bits per heavy atom. The molecule has 92 valence electrons. The van der Waals surface area contributed by atoms with Crippen molar-refractivity contribution >= 4 is 17.0 Å². The van der Waals surface area contributed by atoms with Gasteiger partial charge >= 0.3 is 0 Å². The summed E-state index contributed by atoms with van der Waals surface area (Å²) in [5, 5.41) is 9.07. The Bertz CT molecular complexity index is 637. The first-order chi connectivity index (χ1) is 8.45. The number of thiophene rings is 1. The van der Waals surface area contributed by atoms with Gasteiger partial charge in [-0.05, 0) is 44.4 Å². The van der Waals surface area contributed by atoms with Crippen molar-refractivity contribution < 1.29 is 0 Å². The minimum Gasteiger partial charge on any atom is -0.396 e. The standard InChI is InChI=1S/C15H16N2S/c1-8-5-9(2)13(10(3)6-8)14-11(4)18-12(7-16)15(14)17/h5-6H,17H2,1-4H3. The highest BCUT2D eigenvalue weighted by molar-refractivity contribution is 7.13. The molecule has 0 saturated carbocycles. The zero-order chi connectivity index (χ0) is 13.4. The largest absolute Gasteiger partial charge is 0.396 e. The van der Waals surface area contributed by atoms with E-state index >= 15 is 0 Å². The lowest BCUT2D eigenvalue weighted by Gasteiger charge is -2.12. The topological polar surface area (TPSA) is 49.8 Å². The van der Waals surface area contributed by atoms with Gasteiger partial charge in [0.1, 0.15) is 10.9 Å². The average Bonchev–Trinajstić information content (AvgIpc) is 2.55. The van der Waals surface area contributed by atoms with Crippen molar-refractivity contribution in [3.63, 3.8) is 0 Å². The number of aryl methyl sites for hydroxylation is 4. The molecule has 0 fully saturated rings. The Balaban J connectivity index is 2.78. The zero-order valence-corrected chi connectivity index (χ0v) is 11.9. The lowest BCUT2D eigenvalue weighted by molar-refractivity contribution is 1.32. The van der Waals surface area contributed by atoms with Gasteiger partial charge in [-0.1, -0.05) is 17.7 Å². The predicted molar refractivity (Wildman–Crippen MR) is 77.8 cm³/mol. The molecular formula is C15H16N2S. The van der Waals surface area contributed by atoms with Crippen molar-refractivity contribution in [1.82, 2.24) is 0 Å². The molecule has 18 heavy (non-hydrogen) atoms. The van der Waals surface area contributed by atoms with Crippen LogP contribution in [0.25, 0.3) is 11.1 Å². The van der Waals surface area contributed by atoms with Crippen LogP contribution in [-0.4, -0.2) is 0 Å². The first kappa shape index (κ1) is 12.7. The maximum Gasteiger partial charge on any atom is 0.128 e. The maximum absolute atomic E-state index is 9.07. The second-order valence-corrected chi connectivity index (χ2v) is 5.89. The number of nitrogens with zero attached hydrogens (tertiary/aromatic N) is 1. The third kappa shape index (κ3) is 1.89. The van der Waals surface area contributed by atoms with Crippen molar-refractivity contribution in [1.29, 1.82) is 5.26 Å². The lowest BCUT2D eigenvalue weighted by Crippen LogP contribution is -1.94. The zero-order valence-electron chi connectivity index (χ0n) is 11.1. The number of anilines is 1. The van der Waals surface area contributed by atoms with Crippen molar-refractivity contribution in [3.8, 4) is 17.2 Å². The van der Waals surface area contributed by atoms with Crippen molar-refractivity contribution in [2.75, 3.05) is 5.73 Å². The second-order valence-electron chi connectivity index (χ2n) is 4.66. The van der Waals surface area contributed by atoms with Crippen LogP contribution in [0.15, 0.2) is 12.1 Å². The third-order valence-electron chi connectivity index (χ3n) is 3.15. The van der Waals surface area contributed by atoms with Crippen molar-refractivity contribution in [3.05, 3.63) is 38.6 Å². The number of hydrogen-bond donors (Lipinski definition) is 1. The number of nitrogens with two attached hydrogens (primary N) is 1. The molecule has 1 heterocycles. The van der Waals surface area contributed by atoms with E-state index in [0.29, 0.717) is 10.6 Å². The first-order valence-electron chi connectivity index (χ1n) is 5.83. The highest BCUT2D eigenvalue weighted by Crippen LogP contribution is 2.41. The Kier molecular flexibility index (Phi) is 3.14. The third-order valence-corrected chi connectivity index (χ3v) is 4.18. The fraction of sp³-hybridized carbons (Fsp3) is 0.267. The van der Waals surface area contributed by atoms with E-state index in [1.807, 2.05) is 6.92 Å². The van der Waals surface area contributed by atoms with Gasteiger partial charge in [0.2, 0.25) is 0 Å². The molecule has 2 N–H and O–H groups in total. The molecule has 0 atom stereocenters. The molecule has 0 amide bonds. The first-order valence-corrected chi connectivity index (χ1v) is 6.64. The highest BCUT2D eigenvalue weighted by Gasteiger charge is 2.17. The van der Waals surface area contributed by atoms with Gasteiger partial charge in [-0.3, -0.25) is 0 Å². The van der Waals surface area contributed by atoms with Crippen LogP contribution in [0.3, 0.4) is 0 Å². The van der Waals surface area contributed by atoms with Crippen LogP contribution in [-0.2, 0) is 0 Å². The highest BCUT2D eigenvalue weighted by atomic mass is 32.1. The smallest absolute Gasteiger partial charge is 0.128 e. The van der Waals surface area contributed by atoms with Gasteiger partial charge in [-0.25, -0.2) is 0 Å². The fourth-order valence-electron chi connectivity index (χ4n) is 2.53. The van der Waals surface area contributed by atoms with Gasteiger partial charge in [0.15, 0.2) is 0 Å². The maximum atomic E-state index is 9.07. The Morgan fingerprint density at radius 2 is 1.61 bits per heavy atom. The molecule has 2 nitrogen and oxygen atoms in total. The molecule has 0 radical (unpaired) electrons. The summed E-state index contributed by atoms with van der Waals surface area (Å²) in [5.41, 5.74) is 12.6. The summed E-state index contributed by atoms with van der Waals surface area (Å²) in [6.07, 6.45) is 0. The van der Waals surface area contributed by atoms with Gasteiger partial charge in [-0.15, -0.1) is 11.3 Å². The summed E-state index contributed by atoms with van der Waals surface area (Å²) >= 11 is 1.47. The van der Waals surface area contributed by atoms with Crippen LogP contribution >= 0.6 is 11.3 Å². The van der Waals surface area contributed by atoms with Crippen LogP contribution in [0.4, 0.5) is 5.69 Å². The van der Waals surface area contributed by atoms with E-state index in [2.05, 4.69) is 39.0 Å². The fourth-order valence-corrected chi connectivity index (χ4v) is 3.41. The molecule has 0 saturated heterocycles. The summed E-state index contributed by atoms with van der Waals surface area (Å²) in [4.78, 5) is 1.72. The molecule has 0 aliphatic heterocycles. The van der Waals surface area contributed by atoms with Gasteiger partial charge < -0.3 is 5.73 Å². The van der Waals surface area contributed by atoms with E-state index in [9.17, 15) is 0 Å². The molecule has 2 rings (SSSR count). The Labute approximate surface area is 112 Å². The van der Waals surface area contributed by atoms with E-state index in [0.717, 1.165) is 10.4 Å². The number of hydrogen-bond acceptors (Lipinski definition) is 3. The molecule has 0 unspecified atom stereocenters. The van der Waals surface area contributed by atoms with Gasteiger partial charge in [0, 0.05) is 10.4 Å². The SMILES string of the molecule is Cc1cc(C)c(-c2c(C)sc(C#N)c2N)c(C)c1. The van der Waals surface area contributed by atoms with Crippen LogP contribution in [0.5, 0.6) is 0 Å². The van der Waals surface area contributed by atoms with E-state index in [1.165, 1.54) is 33.6 Å². The van der Waals surface area contributed by atoms with Crippen molar-refractivity contribution in [2.45, 2.75) is 27.7 Å². The van der Waals surface area contributed by atoms with Crippen LogP contribution < -0.4 is 5.73 Å². The molecule has 0 bridgehead atoms. The summed E-state index contributed by atoms with van der Waals surface area (Å²) in [5.74, 6) is 0. The molecular weight excluding hydrogens is 240 g/mol. The summed E-state index contributed by atoms with van der Waals surface area (Å²) in [7, 11) is 0. The molecule has 0 aliphatic rings. The van der Waals surface area contributed by atoms with E-state index in [-0.39, 0.29) is 0 Å². The van der Waals surface area contributed by atoms with E-state index < -0.39 is 0 Å². The normalized spacial score (nSPS) is 10.4. The number of nitriles is 1. The van der Waals surface area contributed by atoms with Crippen molar-refractivity contribution in [2.24, 2.45) is 0 Å². The lowest BCUT2D eigenvalue weighted by atomic mass is 9.93. The van der Waals surface area contributed by atoms with Crippen LogP contribution in [0, 0.1) is 39.0 Å². The Morgan fingerprint density at radius 3 is 2.06 bits per heavy atom. The predicted octanol–water partition coefficient (Wildman–Crippen LogP) is 4.10. The summed E-state index contributed by atoms with van der Waals surface area (Å²) < 4.78 is 0. The minimum atomic E-state index is 0.613. The number of nitrogen functional groups attached to an aromatic ring is 1. The average molecular weight is 256 g/mol. The number of rotatable bonds is 1. The summed E-state index contributed by atoms with van der Waals surface area (Å²) in [6.45, 7) is 8.31. The van der Waals surface area contributed by atoms with Gasteiger partial charge in [0.05, 0.1) is 5.69 Å². The van der Waals surface area contributed by atoms with Gasteiger partial charge in [-0.2, -0.15) is 5.26 Å². The van der Waals surface area contributed by atoms with E-state index in [1.54, 1.807) is 0 Å². The second kappa shape index (κ2) is 4.47. The quantitative estimate of drug-likeness (QED) is 0.835. The van der Waals surface area contributed by atoms with Gasteiger partial charge in [0.25, 0.3) is 0 Å². The Hall–Kier alpha value is -1.79. The van der Waals surface area contributed by atoms with Crippen LogP contribution in [0.1, 0.15) is 26.4 Å². The molecule has 1 aromatic heterocycles. The number of benzene rings is 1. The molecule has 0 spiro atoms. The minimum absolute atomic E-state index is 0.613. The summed E-state index contributed by atoms with van der Waals surface area (Å²) in [6, 6.07) is 6.49. The molecule has 0 aliphatic carbocycles. The molecule has 2 aromatic rings. The molecule has 1 aromatic carbocycles. The van der Waals surface area contributed by atoms with Crippen LogP contribution in [0.2, 0.25) is 0 Å². The monoisotopic (exact) mass is 256 g/mol.